The smallest absolute Gasteiger partial charge is 0.263 e. The number of nitrogens with zero attached hydrogens (tertiary/aromatic N) is 2. The fourth-order valence-electron chi connectivity index (χ4n) is 2.12. The fourth-order valence-corrected chi connectivity index (χ4v) is 2.12. The van der Waals surface area contributed by atoms with Gasteiger partial charge >= 0.3 is 0 Å². The Balaban J connectivity index is 1.82. The van der Waals surface area contributed by atoms with Gasteiger partial charge in [-0.1, -0.05) is 12.1 Å². The maximum absolute atomic E-state index is 13.5. The van der Waals surface area contributed by atoms with Crippen LogP contribution in [0.2, 0.25) is 0 Å². The summed E-state index contributed by atoms with van der Waals surface area (Å²) in [6, 6.07) is 7.86. The Morgan fingerprint density at radius 3 is 2.83 bits per heavy atom. The van der Waals surface area contributed by atoms with Crippen molar-refractivity contribution in [2.75, 3.05) is 44.7 Å². The van der Waals surface area contributed by atoms with Crippen molar-refractivity contribution in [2.24, 2.45) is 0 Å². The SMILES string of the molecule is N#C/C(=C/Nc1ccccc1F)C(=O)NCCN1CCOCC1. The zero-order valence-corrected chi connectivity index (χ0v) is 12.7. The summed E-state index contributed by atoms with van der Waals surface area (Å²) < 4.78 is 18.7. The standard InChI is InChI=1S/C16H19FN4O2/c17-14-3-1-2-4-15(14)20-12-13(11-18)16(22)19-5-6-21-7-9-23-10-8-21/h1-4,12,20H,5-10H2,(H,19,22)/b13-12-. The van der Waals surface area contributed by atoms with E-state index in [0.29, 0.717) is 26.3 Å². The van der Waals surface area contributed by atoms with Gasteiger partial charge in [0.05, 0.1) is 18.9 Å². The molecule has 1 heterocycles. The molecular formula is C16H19FN4O2. The molecule has 0 unspecified atom stereocenters. The van der Waals surface area contributed by atoms with Gasteiger partial charge in [0.25, 0.3) is 5.91 Å². The van der Waals surface area contributed by atoms with Crippen LogP contribution in [0.1, 0.15) is 0 Å². The molecule has 122 valence electrons. The van der Waals surface area contributed by atoms with E-state index in [0.717, 1.165) is 13.1 Å². The Morgan fingerprint density at radius 1 is 1.39 bits per heavy atom. The zero-order valence-electron chi connectivity index (χ0n) is 12.7. The van der Waals surface area contributed by atoms with E-state index in [-0.39, 0.29) is 11.3 Å². The highest BCUT2D eigenvalue weighted by Crippen LogP contribution is 2.12. The second-order valence-corrected chi connectivity index (χ2v) is 5.00. The van der Waals surface area contributed by atoms with Crippen molar-refractivity contribution >= 4 is 11.6 Å². The Hall–Kier alpha value is -2.43. The summed E-state index contributed by atoms with van der Waals surface area (Å²) in [5, 5.41) is 14.4. The number of nitrogens with one attached hydrogen (secondary N) is 2. The predicted octanol–water partition coefficient (Wildman–Crippen LogP) is 1.09. The third-order valence-electron chi connectivity index (χ3n) is 3.43. The maximum Gasteiger partial charge on any atom is 0.263 e. The first-order valence-electron chi connectivity index (χ1n) is 7.40. The van der Waals surface area contributed by atoms with Gasteiger partial charge in [-0.05, 0) is 12.1 Å². The molecule has 7 heteroatoms. The van der Waals surface area contributed by atoms with Gasteiger partial charge in [-0.15, -0.1) is 0 Å². The minimum absolute atomic E-state index is 0.102. The van der Waals surface area contributed by atoms with Crippen molar-refractivity contribution in [1.29, 1.82) is 5.26 Å². The number of ether oxygens (including phenoxy) is 1. The summed E-state index contributed by atoms with van der Waals surface area (Å²) in [6.45, 7) is 4.22. The second-order valence-electron chi connectivity index (χ2n) is 5.00. The Morgan fingerprint density at radius 2 is 2.13 bits per heavy atom. The molecule has 23 heavy (non-hydrogen) atoms. The Bertz CT molecular complexity index is 606. The number of rotatable bonds is 6. The van der Waals surface area contributed by atoms with Crippen molar-refractivity contribution in [3.05, 3.63) is 41.9 Å². The number of para-hydroxylation sites is 1. The third kappa shape index (κ3) is 5.36. The van der Waals surface area contributed by atoms with Gasteiger partial charge in [-0.25, -0.2) is 4.39 Å². The molecule has 0 atom stereocenters. The lowest BCUT2D eigenvalue weighted by atomic mass is 10.2. The zero-order chi connectivity index (χ0) is 16.5. The monoisotopic (exact) mass is 318 g/mol. The number of carbonyl (C=O) groups excluding carboxylic acids is 1. The molecule has 2 N–H and O–H groups in total. The molecule has 0 saturated carbocycles. The largest absolute Gasteiger partial charge is 0.379 e. The summed E-state index contributed by atoms with van der Waals surface area (Å²) >= 11 is 0. The summed E-state index contributed by atoms with van der Waals surface area (Å²) in [7, 11) is 0. The molecule has 1 fully saturated rings. The van der Waals surface area contributed by atoms with Gasteiger partial charge in [-0.3, -0.25) is 9.69 Å². The predicted molar refractivity (Wildman–Crippen MR) is 84.0 cm³/mol. The van der Waals surface area contributed by atoms with Crippen molar-refractivity contribution in [2.45, 2.75) is 0 Å². The molecule has 1 saturated heterocycles. The molecule has 1 aromatic rings. The number of anilines is 1. The van der Waals surface area contributed by atoms with Gasteiger partial charge in [0.2, 0.25) is 0 Å². The number of hydrogen-bond acceptors (Lipinski definition) is 5. The van der Waals surface area contributed by atoms with E-state index < -0.39 is 11.7 Å². The van der Waals surface area contributed by atoms with Gasteiger partial charge in [0, 0.05) is 32.4 Å². The first-order valence-corrected chi connectivity index (χ1v) is 7.40. The maximum atomic E-state index is 13.5. The van der Waals surface area contributed by atoms with Crippen molar-refractivity contribution in [3.63, 3.8) is 0 Å². The molecule has 1 aliphatic rings. The van der Waals surface area contributed by atoms with Crippen LogP contribution in [0.25, 0.3) is 0 Å². The topological polar surface area (TPSA) is 77.4 Å². The van der Waals surface area contributed by atoms with E-state index >= 15 is 0 Å². The normalized spacial score (nSPS) is 15.7. The van der Waals surface area contributed by atoms with Crippen molar-refractivity contribution in [1.82, 2.24) is 10.2 Å². The lowest BCUT2D eigenvalue weighted by molar-refractivity contribution is -0.117. The highest BCUT2D eigenvalue weighted by atomic mass is 19.1. The second kappa shape index (κ2) is 8.88. The molecule has 0 spiro atoms. The van der Waals surface area contributed by atoms with Gasteiger partial charge in [0.1, 0.15) is 17.5 Å². The quantitative estimate of drug-likeness (QED) is 0.606. The van der Waals surface area contributed by atoms with Crippen LogP contribution >= 0.6 is 0 Å². The van der Waals surface area contributed by atoms with Gasteiger partial charge in [-0.2, -0.15) is 5.26 Å². The van der Waals surface area contributed by atoms with Crippen LogP contribution in [0.3, 0.4) is 0 Å². The number of carbonyl (C=O) groups is 1. The van der Waals surface area contributed by atoms with Crippen LogP contribution in [0.5, 0.6) is 0 Å². The lowest BCUT2D eigenvalue weighted by Gasteiger charge is -2.26. The first kappa shape index (κ1) is 16.9. The first-order chi connectivity index (χ1) is 11.2. The molecule has 0 radical (unpaired) electrons. The molecule has 1 amide bonds. The number of morpholine rings is 1. The summed E-state index contributed by atoms with van der Waals surface area (Å²) in [6.07, 6.45) is 1.21. The summed E-state index contributed by atoms with van der Waals surface area (Å²) in [4.78, 5) is 14.1. The number of halogens is 1. The highest BCUT2D eigenvalue weighted by molar-refractivity contribution is 5.97. The molecule has 6 nitrogen and oxygen atoms in total. The minimum Gasteiger partial charge on any atom is -0.379 e. The van der Waals surface area contributed by atoms with Crippen LogP contribution in [-0.2, 0) is 9.53 Å². The fraction of sp³-hybridized carbons (Fsp3) is 0.375. The Labute approximate surface area is 134 Å². The number of benzene rings is 1. The van der Waals surface area contributed by atoms with Crippen molar-refractivity contribution < 1.29 is 13.9 Å². The number of hydrogen-bond donors (Lipinski definition) is 2. The average molecular weight is 318 g/mol. The molecular weight excluding hydrogens is 299 g/mol. The van der Waals surface area contributed by atoms with Crippen LogP contribution in [0, 0.1) is 17.1 Å². The molecule has 1 aromatic carbocycles. The van der Waals surface area contributed by atoms with E-state index in [1.807, 2.05) is 6.07 Å². The number of nitriles is 1. The minimum atomic E-state index is -0.482. The van der Waals surface area contributed by atoms with Crippen LogP contribution in [-0.4, -0.2) is 50.2 Å². The van der Waals surface area contributed by atoms with E-state index in [2.05, 4.69) is 15.5 Å². The van der Waals surface area contributed by atoms with Crippen LogP contribution in [0.15, 0.2) is 36.0 Å². The Kier molecular flexibility index (Phi) is 6.54. The van der Waals surface area contributed by atoms with E-state index in [1.165, 1.54) is 18.3 Å². The van der Waals surface area contributed by atoms with Crippen molar-refractivity contribution in [3.8, 4) is 6.07 Å². The van der Waals surface area contributed by atoms with Gasteiger partial charge in [0.15, 0.2) is 0 Å². The molecule has 2 rings (SSSR count). The van der Waals surface area contributed by atoms with E-state index in [1.54, 1.807) is 12.1 Å². The third-order valence-corrected chi connectivity index (χ3v) is 3.43. The molecule has 1 aliphatic heterocycles. The average Bonchev–Trinajstić information content (AvgIpc) is 2.58. The molecule has 0 aliphatic carbocycles. The van der Waals surface area contributed by atoms with Crippen LogP contribution < -0.4 is 10.6 Å². The van der Waals surface area contributed by atoms with E-state index in [4.69, 9.17) is 10.00 Å². The summed E-state index contributed by atoms with van der Waals surface area (Å²) in [5.74, 6) is -0.932. The lowest BCUT2D eigenvalue weighted by Crippen LogP contribution is -2.41. The van der Waals surface area contributed by atoms with E-state index in [9.17, 15) is 9.18 Å². The highest BCUT2D eigenvalue weighted by Gasteiger charge is 2.12. The van der Waals surface area contributed by atoms with Gasteiger partial charge < -0.3 is 15.4 Å². The number of amides is 1. The molecule has 0 bridgehead atoms. The molecule has 0 aromatic heterocycles. The van der Waals surface area contributed by atoms with Crippen LogP contribution in [0.4, 0.5) is 10.1 Å². The summed E-state index contributed by atoms with van der Waals surface area (Å²) in [5.41, 5.74) is 0.108.